The van der Waals surface area contributed by atoms with E-state index in [0.717, 1.165) is 5.56 Å². The zero-order valence-electron chi connectivity index (χ0n) is 11.1. The van der Waals surface area contributed by atoms with Crippen LogP contribution < -0.4 is 5.56 Å². The summed E-state index contributed by atoms with van der Waals surface area (Å²) in [6.45, 7) is 3.55. The van der Waals surface area contributed by atoms with Crippen LogP contribution in [0.2, 0.25) is 5.02 Å². The minimum atomic E-state index is -0.649. The number of H-pyrrole nitrogens is 1. The molecule has 5 nitrogen and oxygen atoms in total. The average molecular weight is 293 g/mol. The van der Waals surface area contributed by atoms with E-state index in [-0.39, 0.29) is 12.2 Å². The highest BCUT2D eigenvalue weighted by Crippen LogP contribution is 2.23. The number of benzene rings is 1. The van der Waals surface area contributed by atoms with E-state index >= 15 is 0 Å². The molecule has 0 amide bonds. The maximum Gasteiger partial charge on any atom is 0.344 e. The first-order chi connectivity index (χ1) is 9.54. The molecule has 0 aliphatic rings. The monoisotopic (exact) mass is 292 g/mol. The molecule has 2 rings (SSSR count). The summed E-state index contributed by atoms with van der Waals surface area (Å²) in [4.78, 5) is 23.6. The van der Waals surface area contributed by atoms with Crippen molar-refractivity contribution in [2.24, 2.45) is 0 Å². The molecule has 0 fully saturated rings. The first-order valence-corrected chi connectivity index (χ1v) is 6.44. The standard InChI is InChI=1S/C14H13ClN2O3/c1-3-20-14(19)11-8(2)12(16-17-13(11)18)9-4-6-10(15)7-5-9/h4-7H,3H2,1-2H3,(H,17,18). The fourth-order valence-electron chi connectivity index (χ4n) is 1.87. The van der Waals surface area contributed by atoms with Gasteiger partial charge < -0.3 is 4.74 Å². The second kappa shape index (κ2) is 5.88. The summed E-state index contributed by atoms with van der Waals surface area (Å²) in [5.74, 6) is -0.649. The maximum atomic E-state index is 11.8. The summed E-state index contributed by atoms with van der Waals surface area (Å²) < 4.78 is 4.89. The molecule has 0 unspecified atom stereocenters. The van der Waals surface area contributed by atoms with Gasteiger partial charge in [0.2, 0.25) is 0 Å². The Kier molecular flexibility index (Phi) is 4.20. The van der Waals surface area contributed by atoms with Crippen molar-refractivity contribution in [1.82, 2.24) is 10.2 Å². The number of nitrogens with one attached hydrogen (secondary N) is 1. The molecule has 0 radical (unpaired) electrons. The van der Waals surface area contributed by atoms with Gasteiger partial charge in [-0.25, -0.2) is 9.89 Å². The first-order valence-electron chi connectivity index (χ1n) is 6.07. The van der Waals surface area contributed by atoms with Gasteiger partial charge in [-0.15, -0.1) is 0 Å². The number of esters is 1. The summed E-state index contributed by atoms with van der Waals surface area (Å²) >= 11 is 5.83. The zero-order chi connectivity index (χ0) is 14.7. The normalized spacial score (nSPS) is 10.3. The van der Waals surface area contributed by atoms with Crippen molar-refractivity contribution in [1.29, 1.82) is 0 Å². The van der Waals surface area contributed by atoms with Gasteiger partial charge in [-0.05, 0) is 31.5 Å². The zero-order valence-corrected chi connectivity index (χ0v) is 11.8. The van der Waals surface area contributed by atoms with Crippen molar-refractivity contribution in [3.63, 3.8) is 0 Å². The fraction of sp³-hybridized carbons (Fsp3) is 0.214. The van der Waals surface area contributed by atoms with Crippen LogP contribution in [0.5, 0.6) is 0 Å². The summed E-state index contributed by atoms with van der Waals surface area (Å²) in [7, 11) is 0. The summed E-state index contributed by atoms with van der Waals surface area (Å²) in [6.07, 6.45) is 0. The van der Waals surface area contributed by atoms with Gasteiger partial charge in [-0.3, -0.25) is 4.79 Å². The topological polar surface area (TPSA) is 72.0 Å². The lowest BCUT2D eigenvalue weighted by Crippen LogP contribution is -2.23. The third-order valence-corrected chi connectivity index (χ3v) is 3.08. The van der Waals surface area contributed by atoms with Crippen LogP contribution in [0, 0.1) is 6.92 Å². The predicted molar refractivity (Wildman–Crippen MR) is 76.0 cm³/mol. The van der Waals surface area contributed by atoms with Crippen molar-refractivity contribution in [3.05, 3.63) is 50.8 Å². The lowest BCUT2D eigenvalue weighted by molar-refractivity contribution is 0.0523. The molecule has 1 heterocycles. The largest absolute Gasteiger partial charge is 0.462 e. The second-order valence-electron chi connectivity index (χ2n) is 4.13. The van der Waals surface area contributed by atoms with Crippen molar-refractivity contribution in [2.45, 2.75) is 13.8 Å². The summed E-state index contributed by atoms with van der Waals surface area (Å²) in [6, 6.07) is 6.97. The van der Waals surface area contributed by atoms with Crippen LogP contribution >= 0.6 is 11.6 Å². The van der Waals surface area contributed by atoms with Gasteiger partial charge in [-0.2, -0.15) is 5.10 Å². The minimum Gasteiger partial charge on any atom is -0.462 e. The van der Waals surface area contributed by atoms with E-state index in [2.05, 4.69) is 10.2 Å². The van der Waals surface area contributed by atoms with Crippen LogP contribution in [0.25, 0.3) is 11.3 Å². The fourth-order valence-corrected chi connectivity index (χ4v) is 2.00. The highest BCUT2D eigenvalue weighted by Gasteiger charge is 2.19. The van der Waals surface area contributed by atoms with Crippen LogP contribution in [0.4, 0.5) is 0 Å². The number of carbonyl (C=O) groups excluding carboxylic acids is 1. The molecule has 0 saturated carbocycles. The second-order valence-corrected chi connectivity index (χ2v) is 4.57. The molecule has 0 atom stereocenters. The van der Waals surface area contributed by atoms with Gasteiger partial charge in [0.05, 0.1) is 12.3 Å². The Morgan fingerprint density at radius 3 is 2.60 bits per heavy atom. The molecule has 20 heavy (non-hydrogen) atoms. The Morgan fingerprint density at radius 2 is 2.00 bits per heavy atom. The van der Waals surface area contributed by atoms with E-state index in [1.807, 2.05) is 0 Å². The Bertz CT molecular complexity index is 693. The van der Waals surface area contributed by atoms with Crippen LogP contribution in [0.1, 0.15) is 22.8 Å². The number of aromatic nitrogens is 2. The SMILES string of the molecule is CCOC(=O)c1c(C)c(-c2ccc(Cl)cc2)n[nH]c1=O. The summed E-state index contributed by atoms with van der Waals surface area (Å²) in [5.41, 5.74) is 1.18. The lowest BCUT2D eigenvalue weighted by atomic mass is 10.0. The number of aromatic amines is 1. The number of nitrogens with zero attached hydrogens (tertiary/aromatic N) is 1. The van der Waals surface area contributed by atoms with Gasteiger partial charge in [0.25, 0.3) is 5.56 Å². The quantitative estimate of drug-likeness (QED) is 0.883. The van der Waals surface area contributed by atoms with Crippen LogP contribution in [0.3, 0.4) is 0 Å². The van der Waals surface area contributed by atoms with E-state index in [9.17, 15) is 9.59 Å². The summed E-state index contributed by atoms with van der Waals surface area (Å²) in [5, 5.41) is 6.91. The van der Waals surface area contributed by atoms with Crippen molar-refractivity contribution < 1.29 is 9.53 Å². The Labute approximate surface area is 120 Å². The molecule has 2 aromatic rings. The van der Waals surface area contributed by atoms with E-state index in [1.54, 1.807) is 38.1 Å². The average Bonchev–Trinajstić information content (AvgIpc) is 2.41. The van der Waals surface area contributed by atoms with Gasteiger partial charge in [0.15, 0.2) is 0 Å². The molecule has 0 saturated heterocycles. The number of hydrogen-bond acceptors (Lipinski definition) is 4. The van der Waals surface area contributed by atoms with Crippen LogP contribution in [0.15, 0.2) is 29.1 Å². The molecule has 6 heteroatoms. The Balaban J connectivity index is 2.56. The van der Waals surface area contributed by atoms with E-state index in [4.69, 9.17) is 16.3 Å². The van der Waals surface area contributed by atoms with Crippen LogP contribution in [-0.4, -0.2) is 22.8 Å². The maximum absolute atomic E-state index is 11.8. The molecule has 0 aliphatic heterocycles. The molecule has 0 bridgehead atoms. The third-order valence-electron chi connectivity index (χ3n) is 2.82. The van der Waals surface area contributed by atoms with Crippen molar-refractivity contribution in [2.75, 3.05) is 6.61 Å². The first kappa shape index (κ1) is 14.3. The van der Waals surface area contributed by atoms with Gasteiger partial charge in [0.1, 0.15) is 5.56 Å². The molecule has 0 aliphatic carbocycles. The molecule has 1 aromatic carbocycles. The molecule has 0 spiro atoms. The highest BCUT2D eigenvalue weighted by molar-refractivity contribution is 6.30. The Hall–Kier alpha value is -2.14. The van der Waals surface area contributed by atoms with Crippen molar-refractivity contribution >= 4 is 17.6 Å². The van der Waals surface area contributed by atoms with Gasteiger partial charge in [-0.1, -0.05) is 23.7 Å². The number of ether oxygens (including phenoxy) is 1. The molecule has 104 valence electrons. The smallest absolute Gasteiger partial charge is 0.344 e. The number of carbonyl (C=O) groups is 1. The molecular formula is C14H13ClN2O3. The van der Waals surface area contributed by atoms with Crippen molar-refractivity contribution in [3.8, 4) is 11.3 Å². The molecule has 1 N–H and O–H groups in total. The molecular weight excluding hydrogens is 280 g/mol. The lowest BCUT2D eigenvalue weighted by Gasteiger charge is -2.08. The Morgan fingerprint density at radius 1 is 1.35 bits per heavy atom. The number of rotatable bonds is 3. The predicted octanol–water partition coefficient (Wildman–Crippen LogP) is 2.58. The van der Waals surface area contributed by atoms with E-state index < -0.39 is 11.5 Å². The van der Waals surface area contributed by atoms with E-state index in [1.165, 1.54) is 0 Å². The van der Waals surface area contributed by atoms with Gasteiger partial charge in [0, 0.05) is 10.6 Å². The highest BCUT2D eigenvalue weighted by atomic mass is 35.5. The minimum absolute atomic E-state index is 0.0215. The number of halogens is 1. The van der Waals surface area contributed by atoms with Gasteiger partial charge >= 0.3 is 5.97 Å². The van der Waals surface area contributed by atoms with E-state index in [0.29, 0.717) is 16.3 Å². The van der Waals surface area contributed by atoms with Crippen LogP contribution in [-0.2, 0) is 4.74 Å². The molecule has 1 aromatic heterocycles. The third kappa shape index (κ3) is 2.72. The number of hydrogen-bond donors (Lipinski definition) is 1.